The first kappa shape index (κ1) is 11.5. The van der Waals surface area contributed by atoms with Crippen LogP contribution < -0.4 is 5.32 Å². The molecule has 0 fully saturated rings. The number of hydrogen-bond donors (Lipinski definition) is 3. The second-order valence-corrected chi connectivity index (χ2v) is 4.03. The molecule has 0 saturated carbocycles. The van der Waals surface area contributed by atoms with Gasteiger partial charge < -0.3 is 15.4 Å². The lowest BCUT2D eigenvalue weighted by Gasteiger charge is -2.10. The standard InChI is InChI=1S/C11H12N4OS/c1-6-3-4-8(7(2)14-6)15-10-9(16)11(17)13-5-12-10/h3-5,16H,1-2H3,(H2,12,13,15,17). The third-order valence-corrected chi connectivity index (χ3v) is 2.61. The molecule has 0 aliphatic heterocycles. The van der Waals surface area contributed by atoms with Crippen LogP contribution in [0.4, 0.5) is 11.5 Å². The van der Waals surface area contributed by atoms with Crippen molar-refractivity contribution >= 4 is 23.7 Å². The predicted molar refractivity (Wildman–Crippen MR) is 68.1 cm³/mol. The molecule has 0 atom stereocenters. The Morgan fingerprint density at radius 2 is 2.12 bits per heavy atom. The Kier molecular flexibility index (Phi) is 3.06. The predicted octanol–water partition coefficient (Wildman–Crippen LogP) is 2.60. The summed E-state index contributed by atoms with van der Waals surface area (Å²) in [4.78, 5) is 10.9. The number of aryl methyl sites for hydroxylation is 2. The highest BCUT2D eigenvalue weighted by atomic mass is 32.1. The highest BCUT2D eigenvalue weighted by Gasteiger charge is 2.06. The van der Waals surface area contributed by atoms with Crippen LogP contribution >= 0.6 is 12.2 Å². The third-order valence-electron chi connectivity index (χ3n) is 2.31. The zero-order valence-electron chi connectivity index (χ0n) is 9.48. The first-order valence-corrected chi connectivity index (χ1v) is 5.46. The van der Waals surface area contributed by atoms with E-state index in [0.717, 1.165) is 17.1 Å². The maximum Gasteiger partial charge on any atom is 0.194 e. The molecule has 0 bridgehead atoms. The summed E-state index contributed by atoms with van der Waals surface area (Å²) in [6.45, 7) is 3.82. The third kappa shape index (κ3) is 2.42. The molecule has 2 aromatic rings. The summed E-state index contributed by atoms with van der Waals surface area (Å²) in [5.41, 5.74) is 2.60. The average Bonchev–Trinajstić information content (AvgIpc) is 2.28. The van der Waals surface area contributed by atoms with Crippen LogP contribution in [-0.4, -0.2) is 20.1 Å². The van der Waals surface area contributed by atoms with Gasteiger partial charge in [-0.3, -0.25) is 4.98 Å². The van der Waals surface area contributed by atoms with Gasteiger partial charge in [0, 0.05) is 5.69 Å². The van der Waals surface area contributed by atoms with Gasteiger partial charge in [-0.1, -0.05) is 12.2 Å². The van der Waals surface area contributed by atoms with Crippen LogP contribution in [0.5, 0.6) is 5.75 Å². The SMILES string of the molecule is Cc1ccc(Nc2[nH]cnc(=S)c2O)c(C)n1. The molecule has 6 heteroatoms. The Hall–Kier alpha value is -1.95. The van der Waals surface area contributed by atoms with E-state index in [1.807, 2.05) is 26.0 Å². The van der Waals surface area contributed by atoms with Gasteiger partial charge in [-0.2, -0.15) is 0 Å². The maximum atomic E-state index is 9.72. The van der Waals surface area contributed by atoms with E-state index in [9.17, 15) is 5.11 Å². The summed E-state index contributed by atoms with van der Waals surface area (Å²) in [6, 6.07) is 3.79. The summed E-state index contributed by atoms with van der Waals surface area (Å²) in [6.07, 6.45) is 1.43. The van der Waals surface area contributed by atoms with Crippen LogP contribution in [0.25, 0.3) is 0 Å². The van der Waals surface area contributed by atoms with Crippen molar-refractivity contribution in [3.8, 4) is 5.75 Å². The smallest absolute Gasteiger partial charge is 0.194 e. The molecule has 2 heterocycles. The Balaban J connectivity index is 2.38. The van der Waals surface area contributed by atoms with Gasteiger partial charge in [0.2, 0.25) is 0 Å². The summed E-state index contributed by atoms with van der Waals surface area (Å²) >= 11 is 4.87. The van der Waals surface area contributed by atoms with Crippen LogP contribution in [-0.2, 0) is 0 Å². The first-order valence-electron chi connectivity index (χ1n) is 5.06. The number of aromatic nitrogens is 3. The van der Waals surface area contributed by atoms with Crippen molar-refractivity contribution in [2.24, 2.45) is 0 Å². The molecule has 5 nitrogen and oxygen atoms in total. The van der Waals surface area contributed by atoms with Crippen molar-refractivity contribution in [3.05, 3.63) is 34.5 Å². The minimum atomic E-state index is -0.0672. The van der Waals surface area contributed by atoms with Crippen molar-refractivity contribution in [2.45, 2.75) is 13.8 Å². The number of rotatable bonds is 2. The number of nitrogens with one attached hydrogen (secondary N) is 2. The van der Waals surface area contributed by atoms with E-state index < -0.39 is 0 Å². The molecule has 0 aromatic carbocycles. The number of nitrogens with zero attached hydrogens (tertiary/aromatic N) is 2. The van der Waals surface area contributed by atoms with Gasteiger partial charge >= 0.3 is 0 Å². The minimum Gasteiger partial charge on any atom is -0.502 e. The van der Waals surface area contributed by atoms with Gasteiger partial charge in [0.1, 0.15) is 0 Å². The monoisotopic (exact) mass is 248 g/mol. The number of aromatic hydroxyl groups is 1. The first-order chi connectivity index (χ1) is 8.08. The molecule has 0 aliphatic carbocycles. The maximum absolute atomic E-state index is 9.72. The summed E-state index contributed by atoms with van der Waals surface area (Å²) in [5, 5.41) is 12.8. The fraction of sp³-hybridized carbons (Fsp3) is 0.182. The number of aromatic amines is 1. The normalized spacial score (nSPS) is 10.2. The zero-order chi connectivity index (χ0) is 12.4. The highest BCUT2D eigenvalue weighted by Crippen LogP contribution is 2.25. The molecule has 17 heavy (non-hydrogen) atoms. The summed E-state index contributed by atoms with van der Waals surface area (Å²) < 4.78 is 0.156. The van der Waals surface area contributed by atoms with Gasteiger partial charge in [-0.05, 0) is 26.0 Å². The fourth-order valence-electron chi connectivity index (χ4n) is 1.44. The Labute approximate surface area is 104 Å². The van der Waals surface area contributed by atoms with Crippen molar-refractivity contribution in [3.63, 3.8) is 0 Å². The molecule has 0 spiro atoms. The largest absolute Gasteiger partial charge is 0.502 e. The van der Waals surface area contributed by atoms with Crippen molar-refractivity contribution in [1.82, 2.24) is 15.0 Å². The highest BCUT2D eigenvalue weighted by molar-refractivity contribution is 7.71. The Morgan fingerprint density at radius 1 is 1.35 bits per heavy atom. The van der Waals surface area contributed by atoms with Crippen molar-refractivity contribution in [2.75, 3.05) is 5.32 Å². The Bertz CT molecular complexity index is 609. The minimum absolute atomic E-state index is 0.0672. The lowest BCUT2D eigenvalue weighted by Crippen LogP contribution is -1.99. The quantitative estimate of drug-likeness (QED) is 0.712. The van der Waals surface area contributed by atoms with E-state index in [-0.39, 0.29) is 10.4 Å². The van der Waals surface area contributed by atoms with Gasteiger partial charge in [-0.25, -0.2) is 4.98 Å². The molecule has 0 radical (unpaired) electrons. The molecule has 0 amide bonds. The Morgan fingerprint density at radius 3 is 2.82 bits per heavy atom. The van der Waals surface area contributed by atoms with Crippen LogP contribution in [0.2, 0.25) is 0 Å². The second-order valence-electron chi connectivity index (χ2n) is 3.64. The summed E-state index contributed by atoms with van der Waals surface area (Å²) in [7, 11) is 0. The van der Waals surface area contributed by atoms with E-state index in [0.29, 0.717) is 5.82 Å². The van der Waals surface area contributed by atoms with Gasteiger partial charge in [0.15, 0.2) is 16.2 Å². The zero-order valence-corrected chi connectivity index (χ0v) is 10.3. The molecule has 88 valence electrons. The lowest BCUT2D eigenvalue weighted by atomic mass is 10.2. The van der Waals surface area contributed by atoms with E-state index >= 15 is 0 Å². The molecule has 0 unspecified atom stereocenters. The average molecular weight is 248 g/mol. The van der Waals surface area contributed by atoms with Gasteiger partial charge in [0.25, 0.3) is 0 Å². The van der Waals surface area contributed by atoms with Crippen LogP contribution in [0.15, 0.2) is 18.5 Å². The second kappa shape index (κ2) is 4.50. The molecule has 2 rings (SSSR count). The van der Waals surface area contributed by atoms with Crippen molar-refractivity contribution in [1.29, 1.82) is 0 Å². The van der Waals surface area contributed by atoms with Crippen LogP contribution in [0, 0.1) is 18.5 Å². The van der Waals surface area contributed by atoms with E-state index in [2.05, 4.69) is 20.3 Å². The van der Waals surface area contributed by atoms with Crippen molar-refractivity contribution < 1.29 is 5.11 Å². The molecule has 3 N–H and O–H groups in total. The number of hydrogen-bond acceptors (Lipinski definition) is 5. The van der Waals surface area contributed by atoms with E-state index in [4.69, 9.17) is 12.2 Å². The topological polar surface area (TPSA) is 73.8 Å². The van der Waals surface area contributed by atoms with Crippen LogP contribution in [0.1, 0.15) is 11.4 Å². The van der Waals surface area contributed by atoms with Crippen LogP contribution in [0.3, 0.4) is 0 Å². The molecule has 2 aromatic heterocycles. The van der Waals surface area contributed by atoms with E-state index in [1.165, 1.54) is 6.33 Å². The molecular formula is C11H12N4OS. The van der Waals surface area contributed by atoms with Gasteiger partial charge in [0.05, 0.1) is 17.7 Å². The molecule has 0 saturated heterocycles. The number of pyridine rings is 1. The number of H-pyrrole nitrogens is 1. The summed E-state index contributed by atoms with van der Waals surface area (Å²) in [5.74, 6) is 0.348. The van der Waals surface area contributed by atoms with E-state index in [1.54, 1.807) is 0 Å². The van der Waals surface area contributed by atoms with Gasteiger partial charge in [-0.15, -0.1) is 0 Å². The molecular weight excluding hydrogens is 236 g/mol. The fourth-order valence-corrected chi connectivity index (χ4v) is 1.60. The lowest BCUT2D eigenvalue weighted by molar-refractivity contribution is 0.470. The number of anilines is 2. The molecule has 0 aliphatic rings.